The van der Waals surface area contributed by atoms with Crippen molar-refractivity contribution >= 4 is 5.91 Å². The first kappa shape index (κ1) is 19.7. The van der Waals surface area contributed by atoms with Crippen molar-refractivity contribution in [2.45, 2.75) is 65.2 Å². The average Bonchev–Trinajstić information content (AvgIpc) is 2.53. The average molecular weight is 319 g/mol. The van der Waals surface area contributed by atoms with E-state index in [1.54, 1.807) is 0 Å². The highest BCUT2D eigenvalue weighted by molar-refractivity contribution is 5.83. The van der Waals surface area contributed by atoms with Gasteiger partial charge in [0.1, 0.15) is 0 Å². The fourth-order valence-corrected chi connectivity index (χ4v) is 2.73. The van der Waals surface area contributed by atoms with Crippen LogP contribution in [0, 0.1) is 5.92 Å². The van der Waals surface area contributed by atoms with Crippen LogP contribution < -0.4 is 11.1 Å². The molecule has 0 aromatic heterocycles. The first-order chi connectivity index (χ1) is 11.0. The van der Waals surface area contributed by atoms with Gasteiger partial charge in [-0.1, -0.05) is 57.4 Å². The van der Waals surface area contributed by atoms with Gasteiger partial charge in [-0.25, -0.2) is 0 Å². The predicted octanol–water partition coefficient (Wildman–Crippen LogP) is 4.01. The molecular formula is C20H34N2O. The molecular weight excluding hydrogens is 284 g/mol. The van der Waals surface area contributed by atoms with Gasteiger partial charge in [-0.2, -0.15) is 0 Å². The van der Waals surface area contributed by atoms with Crippen molar-refractivity contribution in [3.8, 4) is 0 Å². The lowest BCUT2D eigenvalue weighted by Crippen LogP contribution is -2.28. The van der Waals surface area contributed by atoms with Crippen LogP contribution in [0.1, 0.15) is 69.9 Å². The Hall–Kier alpha value is -1.35. The van der Waals surface area contributed by atoms with E-state index in [-0.39, 0.29) is 11.8 Å². The second-order valence-corrected chi connectivity index (χ2v) is 6.91. The number of benzene rings is 1. The van der Waals surface area contributed by atoms with Crippen LogP contribution in [-0.4, -0.2) is 19.0 Å². The highest BCUT2D eigenvalue weighted by Gasteiger charge is 2.14. The summed E-state index contributed by atoms with van der Waals surface area (Å²) in [6, 6.07) is 8.48. The molecule has 0 aliphatic rings. The Morgan fingerprint density at radius 3 is 2.22 bits per heavy atom. The number of carbonyl (C=O) groups is 1. The monoisotopic (exact) mass is 318 g/mol. The fraction of sp³-hybridized carbons (Fsp3) is 0.650. The summed E-state index contributed by atoms with van der Waals surface area (Å²) < 4.78 is 0. The summed E-state index contributed by atoms with van der Waals surface area (Å²) in [6.45, 7) is 7.98. The van der Waals surface area contributed by atoms with E-state index in [1.807, 2.05) is 6.92 Å². The van der Waals surface area contributed by atoms with Crippen LogP contribution in [0.2, 0.25) is 0 Å². The summed E-state index contributed by atoms with van der Waals surface area (Å²) in [5, 5.41) is 3.06. The van der Waals surface area contributed by atoms with E-state index >= 15 is 0 Å². The number of nitrogens with two attached hydrogens (primary N) is 1. The summed E-state index contributed by atoms with van der Waals surface area (Å²) in [7, 11) is 0. The Morgan fingerprint density at radius 2 is 1.61 bits per heavy atom. The zero-order chi connectivity index (χ0) is 17.1. The molecule has 23 heavy (non-hydrogen) atoms. The molecule has 1 amide bonds. The molecule has 1 atom stereocenters. The molecule has 3 N–H and O–H groups in total. The third-order valence-electron chi connectivity index (χ3n) is 4.20. The molecule has 3 nitrogen and oxygen atoms in total. The smallest absolute Gasteiger partial charge is 0.227 e. The first-order valence-electron chi connectivity index (χ1n) is 9.11. The van der Waals surface area contributed by atoms with Gasteiger partial charge in [0.2, 0.25) is 5.91 Å². The first-order valence-corrected chi connectivity index (χ1v) is 9.11. The molecule has 130 valence electrons. The summed E-state index contributed by atoms with van der Waals surface area (Å²) in [6.07, 6.45) is 6.82. The SMILES string of the molecule is CC(C)Cc1ccc(C(C)C(=O)NCCCCCCCN)cc1. The molecule has 0 aliphatic carbocycles. The minimum absolute atomic E-state index is 0.0830. The molecule has 0 fully saturated rings. The van der Waals surface area contributed by atoms with Crippen molar-refractivity contribution in [1.29, 1.82) is 0 Å². The molecule has 3 heteroatoms. The van der Waals surface area contributed by atoms with Gasteiger partial charge in [-0.15, -0.1) is 0 Å². The van der Waals surface area contributed by atoms with E-state index in [1.165, 1.54) is 24.8 Å². The normalized spacial score (nSPS) is 12.4. The summed E-state index contributed by atoms with van der Waals surface area (Å²) in [5.41, 5.74) is 7.91. The highest BCUT2D eigenvalue weighted by Crippen LogP contribution is 2.17. The van der Waals surface area contributed by atoms with Crippen LogP contribution in [0.25, 0.3) is 0 Å². The summed E-state index contributed by atoms with van der Waals surface area (Å²) in [4.78, 5) is 12.2. The lowest BCUT2D eigenvalue weighted by atomic mass is 9.96. The van der Waals surface area contributed by atoms with Crippen LogP contribution in [0.3, 0.4) is 0 Å². The molecule has 0 bridgehead atoms. The van der Waals surface area contributed by atoms with Crippen molar-refractivity contribution < 1.29 is 4.79 Å². The van der Waals surface area contributed by atoms with E-state index in [9.17, 15) is 4.79 Å². The Kier molecular flexibility index (Phi) is 9.61. The molecule has 1 aromatic rings. The van der Waals surface area contributed by atoms with E-state index in [0.29, 0.717) is 5.92 Å². The molecule has 0 saturated heterocycles. The second-order valence-electron chi connectivity index (χ2n) is 6.91. The minimum atomic E-state index is -0.0830. The number of amides is 1. The fourth-order valence-electron chi connectivity index (χ4n) is 2.73. The lowest BCUT2D eigenvalue weighted by Gasteiger charge is -2.13. The van der Waals surface area contributed by atoms with Gasteiger partial charge in [0.05, 0.1) is 5.92 Å². The van der Waals surface area contributed by atoms with Gasteiger partial charge in [0, 0.05) is 6.54 Å². The van der Waals surface area contributed by atoms with E-state index in [4.69, 9.17) is 5.73 Å². The number of hydrogen-bond acceptors (Lipinski definition) is 2. The number of unbranched alkanes of at least 4 members (excludes halogenated alkanes) is 4. The minimum Gasteiger partial charge on any atom is -0.356 e. The quantitative estimate of drug-likeness (QED) is 0.606. The maximum atomic E-state index is 12.2. The number of nitrogens with one attached hydrogen (secondary N) is 1. The summed E-state index contributed by atoms with van der Waals surface area (Å²) >= 11 is 0. The van der Waals surface area contributed by atoms with Crippen LogP contribution in [-0.2, 0) is 11.2 Å². The number of hydrogen-bond donors (Lipinski definition) is 2. The van der Waals surface area contributed by atoms with Crippen molar-refractivity contribution in [3.05, 3.63) is 35.4 Å². The Morgan fingerprint density at radius 1 is 1.00 bits per heavy atom. The molecule has 0 saturated carbocycles. The van der Waals surface area contributed by atoms with Gasteiger partial charge in [-0.05, 0) is 49.8 Å². The van der Waals surface area contributed by atoms with Crippen molar-refractivity contribution in [2.75, 3.05) is 13.1 Å². The van der Waals surface area contributed by atoms with Gasteiger partial charge in [-0.3, -0.25) is 4.79 Å². The van der Waals surface area contributed by atoms with Crippen LogP contribution in [0.4, 0.5) is 0 Å². The van der Waals surface area contributed by atoms with Crippen molar-refractivity contribution in [1.82, 2.24) is 5.32 Å². The Labute approximate surface area is 142 Å². The predicted molar refractivity (Wildman–Crippen MR) is 98.5 cm³/mol. The zero-order valence-corrected chi connectivity index (χ0v) is 15.1. The van der Waals surface area contributed by atoms with Gasteiger partial charge >= 0.3 is 0 Å². The van der Waals surface area contributed by atoms with Crippen molar-refractivity contribution in [2.24, 2.45) is 11.7 Å². The largest absolute Gasteiger partial charge is 0.356 e. The third-order valence-corrected chi connectivity index (χ3v) is 4.20. The van der Waals surface area contributed by atoms with E-state index < -0.39 is 0 Å². The molecule has 0 radical (unpaired) electrons. The van der Waals surface area contributed by atoms with Crippen molar-refractivity contribution in [3.63, 3.8) is 0 Å². The highest BCUT2D eigenvalue weighted by atomic mass is 16.1. The third kappa shape index (κ3) is 8.17. The molecule has 1 rings (SSSR count). The van der Waals surface area contributed by atoms with Gasteiger partial charge < -0.3 is 11.1 Å². The van der Waals surface area contributed by atoms with Crippen LogP contribution in [0.5, 0.6) is 0 Å². The second kappa shape index (κ2) is 11.2. The van der Waals surface area contributed by atoms with Gasteiger partial charge in [0.25, 0.3) is 0 Å². The maximum absolute atomic E-state index is 12.2. The standard InChI is InChI=1S/C20H34N2O/c1-16(2)15-18-9-11-19(12-10-18)17(3)20(23)22-14-8-6-4-5-7-13-21/h9-12,16-17H,4-8,13-15,21H2,1-3H3,(H,22,23). The zero-order valence-electron chi connectivity index (χ0n) is 15.1. The molecule has 0 aliphatic heterocycles. The maximum Gasteiger partial charge on any atom is 0.227 e. The molecule has 1 unspecified atom stereocenters. The molecule has 0 heterocycles. The van der Waals surface area contributed by atoms with E-state index in [0.717, 1.165) is 37.9 Å². The van der Waals surface area contributed by atoms with Crippen LogP contribution in [0.15, 0.2) is 24.3 Å². The van der Waals surface area contributed by atoms with E-state index in [2.05, 4.69) is 43.4 Å². The Bertz CT molecular complexity index is 439. The van der Waals surface area contributed by atoms with Gasteiger partial charge in [0.15, 0.2) is 0 Å². The number of carbonyl (C=O) groups excluding carboxylic acids is 1. The molecule has 1 aromatic carbocycles. The summed E-state index contributed by atoms with van der Waals surface area (Å²) in [5.74, 6) is 0.704. The Balaban J connectivity index is 2.30. The topological polar surface area (TPSA) is 55.1 Å². The van der Waals surface area contributed by atoms with Crippen LogP contribution >= 0.6 is 0 Å². The number of rotatable bonds is 11. The molecule has 0 spiro atoms. The lowest BCUT2D eigenvalue weighted by molar-refractivity contribution is -0.122.